The molecule has 0 fully saturated rings. The van der Waals surface area contributed by atoms with Gasteiger partial charge >= 0.3 is 0 Å². The average molecular weight is 266 g/mol. The molecular formula is C13H16ClN3O. The highest BCUT2D eigenvalue weighted by Gasteiger charge is 2.08. The Balaban J connectivity index is 2.27. The van der Waals surface area contributed by atoms with Crippen LogP contribution in [0.1, 0.15) is 11.3 Å². The fourth-order valence-corrected chi connectivity index (χ4v) is 2.06. The number of rotatable bonds is 5. The van der Waals surface area contributed by atoms with Crippen LogP contribution in [-0.4, -0.2) is 23.9 Å². The van der Waals surface area contributed by atoms with Crippen LogP contribution >= 0.6 is 11.6 Å². The molecule has 5 heteroatoms. The number of halogens is 1. The number of methoxy groups -OCH3 is 1. The van der Waals surface area contributed by atoms with E-state index in [1.165, 1.54) is 0 Å². The molecule has 96 valence electrons. The smallest absolute Gasteiger partial charge is 0.124 e. The largest absolute Gasteiger partial charge is 0.496 e. The van der Waals surface area contributed by atoms with Crippen molar-refractivity contribution in [1.82, 2.24) is 15.1 Å². The van der Waals surface area contributed by atoms with Gasteiger partial charge in [0.2, 0.25) is 0 Å². The minimum Gasteiger partial charge on any atom is -0.496 e. The molecule has 1 aromatic carbocycles. The molecule has 0 atom stereocenters. The molecule has 0 aliphatic heterocycles. The Bertz CT molecular complexity index is 525. The van der Waals surface area contributed by atoms with E-state index < -0.39 is 0 Å². The highest BCUT2D eigenvalue weighted by molar-refractivity contribution is 6.30. The van der Waals surface area contributed by atoms with Crippen molar-refractivity contribution in [2.45, 2.75) is 13.1 Å². The van der Waals surface area contributed by atoms with Gasteiger partial charge in [0.05, 0.1) is 19.3 Å². The Morgan fingerprint density at radius 2 is 2.22 bits per heavy atom. The van der Waals surface area contributed by atoms with Gasteiger partial charge in [0.1, 0.15) is 5.75 Å². The van der Waals surface area contributed by atoms with E-state index in [0.29, 0.717) is 11.6 Å². The van der Waals surface area contributed by atoms with Gasteiger partial charge in [-0.25, -0.2) is 0 Å². The van der Waals surface area contributed by atoms with E-state index in [9.17, 15) is 0 Å². The molecule has 18 heavy (non-hydrogen) atoms. The molecule has 0 spiro atoms. The number of ether oxygens (including phenoxy) is 1. The third kappa shape index (κ3) is 2.83. The van der Waals surface area contributed by atoms with E-state index >= 15 is 0 Å². The van der Waals surface area contributed by atoms with Gasteiger partial charge in [0.15, 0.2) is 0 Å². The second kappa shape index (κ2) is 5.89. The summed E-state index contributed by atoms with van der Waals surface area (Å²) in [5.74, 6) is 0.824. The number of benzene rings is 1. The molecule has 0 aliphatic carbocycles. The van der Waals surface area contributed by atoms with Gasteiger partial charge in [-0.2, -0.15) is 5.10 Å². The molecule has 1 N–H and O–H groups in total. The predicted octanol–water partition coefficient (Wildman–Crippen LogP) is 2.31. The van der Waals surface area contributed by atoms with Gasteiger partial charge in [-0.1, -0.05) is 11.6 Å². The maximum absolute atomic E-state index is 6.02. The lowest BCUT2D eigenvalue weighted by Crippen LogP contribution is -2.13. The normalized spacial score (nSPS) is 10.6. The molecule has 0 bridgehead atoms. The van der Waals surface area contributed by atoms with Crippen LogP contribution in [0, 0.1) is 0 Å². The Kier molecular flexibility index (Phi) is 4.23. The summed E-state index contributed by atoms with van der Waals surface area (Å²) in [6, 6.07) is 7.60. The molecule has 1 heterocycles. The molecule has 0 unspecified atom stereocenters. The van der Waals surface area contributed by atoms with E-state index in [0.717, 1.165) is 23.6 Å². The van der Waals surface area contributed by atoms with E-state index in [2.05, 4.69) is 10.4 Å². The Labute approximate surface area is 112 Å². The third-order valence-electron chi connectivity index (χ3n) is 2.72. The lowest BCUT2D eigenvalue weighted by Gasteiger charge is -2.11. The summed E-state index contributed by atoms with van der Waals surface area (Å²) in [4.78, 5) is 0. The van der Waals surface area contributed by atoms with Gasteiger partial charge < -0.3 is 10.1 Å². The first-order chi connectivity index (χ1) is 8.74. The monoisotopic (exact) mass is 265 g/mol. The van der Waals surface area contributed by atoms with Crippen LogP contribution in [0.4, 0.5) is 0 Å². The van der Waals surface area contributed by atoms with Crippen LogP contribution < -0.4 is 10.1 Å². The van der Waals surface area contributed by atoms with Gasteiger partial charge in [0, 0.05) is 23.3 Å². The molecule has 0 aliphatic rings. The second-order valence-electron chi connectivity index (χ2n) is 3.97. The van der Waals surface area contributed by atoms with Crippen molar-refractivity contribution >= 4 is 11.6 Å². The van der Waals surface area contributed by atoms with Crippen molar-refractivity contribution in [1.29, 1.82) is 0 Å². The van der Waals surface area contributed by atoms with Crippen LogP contribution in [0.15, 0.2) is 30.5 Å². The molecule has 1 aromatic heterocycles. The van der Waals surface area contributed by atoms with Gasteiger partial charge in [-0.3, -0.25) is 4.68 Å². The minimum absolute atomic E-state index is 0.647. The summed E-state index contributed by atoms with van der Waals surface area (Å²) in [6.45, 7) is 1.43. The maximum atomic E-state index is 6.02. The average Bonchev–Trinajstić information content (AvgIpc) is 2.78. The Morgan fingerprint density at radius 3 is 2.94 bits per heavy atom. The van der Waals surface area contributed by atoms with Crippen molar-refractivity contribution in [3.63, 3.8) is 0 Å². The fourth-order valence-electron chi connectivity index (χ4n) is 1.87. The first-order valence-electron chi connectivity index (χ1n) is 5.72. The molecule has 0 saturated heterocycles. The minimum atomic E-state index is 0.647. The maximum Gasteiger partial charge on any atom is 0.124 e. The number of nitrogens with zero attached hydrogens (tertiary/aromatic N) is 2. The highest BCUT2D eigenvalue weighted by Crippen LogP contribution is 2.23. The predicted molar refractivity (Wildman–Crippen MR) is 72.1 cm³/mol. The zero-order chi connectivity index (χ0) is 13.0. The van der Waals surface area contributed by atoms with E-state index in [4.69, 9.17) is 16.3 Å². The molecule has 0 radical (unpaired) electrons. The standard InChI is InChI=1S/C13H16ClN3O/c1-15-8-12-5-6-16-17(12)9-10-7-11(14)3-4-13(10)18-2/h3-7,15H,8-9H2,1-2H3. The Hall–Kier alpha value is -1.52. The number of nitrogens with one attached hydrogen (secondary N) is 1. The number of hydrogen-bond donors (Lipinski definition) is 1. The first kappa shape index (κ1) is 12.9. The lowest BCUT2D eigenvalue weighted by atomic mass is 10.2. The van der Waals surface area contributed by atoms with Crippen LogP contribution in [0.25, 0.3) is 0 Å². The molecular weight excluding hydrogens is 250 g/mol. The number of aromatic nitrogens is 2. The number of hydrogen-bond acceptors (Lipinski definition) is 3. The summed E-state index contributed by atoms with van der Waals surface area (Å²) < 4.78 is 7.27. The van der Waals surface area contributed by atoms with Crippen molar-refractivity contribution in [2.24, 2.45) is 0 Å². The molecule has 0 amide bonds. The highest BCUT2D eigenvalue weighted by atomic mass is 35.5. The summed E-state index contributed by atoms with van der Waals surface area (Å²) in [6.07, 6.45) is 1.80. The summed E-state index contributed by atoms with van der Waals surface area (Å²) in [5.41, 5.74) is 2.14. The fraction of sp³-hybridized carbons (Fsp3) is 0.308. The van der Waals surface area contributed by atoms with Crippen molar-refractivity contribution < 1.29 is 4.74 Å². The summed E-state index contributed by atoms with van der Waals surface area (Å²) in [7, 11) is 3.57. The molecule has 2 rings (SSSR count). The quantitative estimate of drug-likeness (QED) is 0.902. The van der Waals surface area contributed by atoms with Crippen LogP contribution in [0.2, 0.25) is 5.02 Å². The topological polar surface area (TPSA) is 39.1 Å². The lowest BCUT2D eigenvalue weighted by molar-refractivity contribution is 0.407. The van der Waals surface area contributed by atoms with Crippen molar-refractivity contribution in [2.75, 3.05) is 14.2 Å². The van der Waals surface area contributed by atoms with Crippen LogP contribution in [-0.2, 0) is 13.1 Å². The van der Waals surface area contributed by atoms with Gasteiger partial charge in [-0.15, -0.1) is 0 Å². The van der Waals surface area contributed by atoms with Gasteiger partial charge in [-0.05, 0) is 31.3 Å². The SMILES string of the molecule is CNCc1ccnn1Cc1cc(Cl)ccc1OC. The summed E-state index contributed by atoms with van der Waals surface area (Å²) >= 11 is 6.02. The second-order valence-corrected chi connectivity index (χ2v) is 4.40. The van der Waals surface area contributed by atoms with Crippen LogP contribution in [0.5, 0.6) is 5.75 Å². The summed E-state index contributed by atoms with van der Waals surface area (Å²) in [5, 5.41) is 8.13. The van der Waals surface area contributed by atoms with Crippen LogP contribution in [0.3, 0.4) is 0 Å². The van der Waals surface area contributed by atoms with Crippen molar-refractivity contribution in [3.05, 3.63) is 46.7 Å². The molecule has 4 nitrogen and oxygen atoms in total. The molecule has 2 aromatic rings. The Morgan fingerprint density at radius 1 is 1.39 bits per heavy atom. The molecule has 0 saturated carbocycles. The van der Waals surface area contributed by atoms with Crippen molar-refractivity contribution in [3.8, 4) is 5.75 Å². The van der Waals surface area contributed by atoms with E-state index in [1.807, 2.05) is 36.0 Å². The first-order valence-corrected chi connectivity index (χ1v) is 6.10. The zero-order valence-electron chi connectivity index (χ0n) is 10.5. The van der Waals surface area contributed by atoms with Gasteiger partial charge in [0.25, 0.3) is 0 Å². The zero-order valence-corrected chi connectivity index (χ0v) is 11.2. The van der Waals surface area contributed by atoms with E-state index in [-0.39, 0.29) is 0 Å². The van der Waals surface area contributed by atoms with E-state index in [1.54, 1.807) is 13.3 Å². The third-order valence-corrected chi connectivity index (χ3v) is 2.96.